The van der Waals surface area contributed by atoms with Crippen LogP contribution in [0.1, 0.15) is 12.8 Å². The van der Waals surface area contributed by atoms with Gasteiger partial charge in [-0.25, -0.2) is 0 Å². The predicted octanol–water partition coefficient (Wildman–Crippen LogP) is 0.633. The van der Waals surface area contributed by atoms with Crippen molar-refractivity contribution in [2.24, 2.45) is 5.92 Å². The Bertz CT molecular complexity index is 589. The van der Waals surface area contributed by atoms with Crippen LogP contribution in [0, 0.1) is 5.92 Å². The molecule has 0 atom stereocenters. The minimum atomic E-state index is 0.00141. The average Bonchev–Trinajstić information content (AvgIpc) is 3.18. The maximum atomic E-state index is 12.2. The Kier molecular flexibility index (Phi) is 4.26. The number of carbonyl (C=O) groups is 1. The number of aliphatic hydroxyl groups excluding tert-OH is 1. The highest BCUT2D eigenvalue weighted by molar-refractivity contribution is 7.13. The summed E-state index contributed by atoms with van der Waals surface area (Å²) >= 11 is 1.54. The number of aliphatic hydroxyl groups is 1. The molecule has 1 aliphatic rings. The van der Waals surface area contributed by atoms with Crippen LogP contribution in [0.25, 0.3) is 10.7 Å². The molecule has 7 nitrogen and oxygen atoms in total. The Balaban J connectivity index is 1.58. The number of rotatable bonds is 4. The molecule has 1 aliphatic heterocycles. The molecule has 112 valence electrons. The van der Waals surface area contributed by atoms with Crippen molar-refractivity contribution in [3.63, 3.8) is 0 Å². The van der Waals surface area contributed by atoms with E-state index in [-0.39, 0.29) is 19.1 Å². The molecule has 3 heterocycles. The van der Waals surface area contributed by atoms with Gasteiger partial charge in [-0.15, -0.1) is 21.5 Å². The summed E-state index contributed by atoms with van der Waals surface area (Å²) in [4.78, 5) is 16.3. The van der Waals surface area contributed by atoms with Gasteiger partial charge in [0.2, 0.25) is 11.7 Å². The summed E-state index contributed by atoms with van der Waals surface area (Å²) in [5.41, 5.74) is 0. The van der Waals surface area contributed by atoms with E-state index in [1.807, 2.05) is 17.5 Å². The molecule has 1 saturated heterocycles. The van der Waals surface area contributed by atoms with Crippen LogP contribution in [0.2, 0.25) is 0 Å². The van der Waals surface area contributed by atoms with Crippen LogP contribution in [0.3, 0.4) is 0 Å². The van der Waals surface area contributed by atoms with Crippen molar-refractivity contribution in [2.45, 2.75) is 19.4 Å². The minimum Gasteiger partial charge on any atom is -0.396 e. The van der Waals surface area contributed by atoms with E-state index in [1.165, 1.54) is 4.80 Å². The van der Waals surface area contributed by atoms with Crippen LogP contribution in [-0.2, 0) is 11.3 Å². The van der Waals surface area contributed by atoms with Crippen molar-refractivity contribution in [1.82, 2.24) is 25.1 Å². The number of tetrazole rings is 1. The molecule has 1 amide bonds. The molecule has 2 aromatic heterocycles. The molecule has 0 aromatic carbocycles. The first-order valence-electron chi connectivity index (χ1n) is 6.96. The summed E-state index contributed by atoms with van der Waals surface area (Å²) in [7, 11) is 0. The SMILES string of the molecule is O=C(Cn1nnc(-c2cccs2)n1)N1CCC(CO)CC1. The zero-order valence-electron chi connectivity index (χ0n) is 11.6. The van der Waals surface area contributed by atoms with Crippen molar-refractivity contribution < 1.29 is 9.90 Å². The third kappa shape index (κ3) is 3.27. The first-order chi connectivity index (χ1) is 10.3. The van der Waals surface area contributed by atoms with E-state index in [9.17, 15) is 4.79 Å². The van der Waals surface area contributed by atoms with Crippen LogP contribution in [0.5, 0.6) is 0 Å². The quantitative estimate of drug-likeness (QED) is 0.896. The lowest BCUT2D eigenvalue weighted by molar-refractivity contribution is -0.133. The fraction of sp³-hybridized carbons (Fsp3) is 0.538. The van der Waals surface area contributed by atoms with Crippen molar-refractivity contribution in [3.8, 4) is 10.7 Å². The molecule has 21 heavy (non-hydrogen) atoms. The monoisotopic (exact) mass is 307 g/mol. The number of thiophene rings is 1. The number of hydrogen-bond acceptors (Lipinski definition) is 6. The van der Waals surface area contributed by atoms with Gasteiger partial charge in [0, 0.05) is 19.7 Å². The number of nitrogens with zero attached hydrogens (tertiary/aromatic N) is 5. The van der Waals surface area contributed by atoms with E-state index in [2.05, 4.69) is 15.4 Å². The lowest BCUT2D eigenvalue weighted by Crippen LogP contribution is -2.41. The largest absolute Gasteiger partial charge is 0.396 e. The van der Waals surface area contributed by atoms with Crippen LogP contribution in [0.15, 0.2) is 17.5 Å². The number of aromatic nitrogens is 4. The minimum absolute atomic E-state index is 0.00141. The molecule has 0 aliphatic carbocycles. The van der Waals surface area contributed by atoms with E-state index in [4.69, 9.17) is 5.11 Å². The van der Waals surface area contributed by atoms with Crippen molar-refractivity contribution in [2.75, 3.05) is 19.7 Å². The van der Waals surface area contributed by atoms with Crippen LogP contribution < -0.4 is 0 Å². The molecule has 1 fully saturated rings. The third-order valence-electron chi connectivity index (χ3n) is 3.70. The normalized spacial score (nSPS) is 16.3. The maximum Gasteiger partial charge on any atom is 0.246 e. The summed E-state index contributed by atoms with van der Waals surface area (Å²) in [5.74, 6) is 0.877. The van der Waals surface area contributed by atoms with Gasteiger partial charge in [-0.1, -0.05) is 6.07 Å². The standard InChI is InChI=1S/C13H17N5O2S/c19-9-10-3-5-17(6-4-10)12(20)8-18-15-13(14-16-18)11-2-1-7-21-11/h1-2,7,10,19H,3-6,8-9H2. The second-order valence-corrected chi connectivity index (χ2v) is 6.08. The van der Waals surface area contributed by atoms with Gasteiger partial charge in [-0.3, -0.25) is 4.79 Å². The molecule has 0 saturated carbocycles. The molecule has 3 rings (SSSR count). The van der Waals surface area contributed by atoms with Gasteiger partial charge in [0.1, 0.15) is 6.54 Å². The van der Waals surface area contributed by atoms with Crippen molar-refractivity contribution >= 4 is 17.2 Å². The first-order valence-corrected chi connectivity index (χ1v) is 7.84. The van der Waals surface area contributed by atoms with Gasteiger partial charge >= 0.3 is 0 Å². The van der Waals surface area contributed by atoms with E-state index in [0.29, 0.717) is 24.8 Å². The second-order valence-electron chi connectivity index (χ2n) is 5.13. The summed E-state index contributed by atoms with van der Waals surface area (Å²) in [6.07, 6.45) is 1.71. The van der Waals surface area contributed by atoms with Crippen LogP contribution >= 0.6 is 11.3 Å². The second kappa shape index (κ2) is 6.31. The summed E-state index contributed by atoms with van der Waals surface area (Å²) < 4.78 is 0. The number of amides is 1. The van der Waals surface area contributed by atoms with Crippen molar-refractivity contribution in [3.05, 3.63) is 17.5 Å². The lowest BCUT2D eigenvalue weighted by atomic mass is 9.98. The zero-order chi connectivity index (χ0) is 14.7. The van der Waals surface area contributed by atoms with Gasteiger partial charge < -0.3 is 10.0 Å². The Morgan fingerprint density at radius 3 is 2.90 bits per heavy atom. The summed E-state index contributed by atoms with van der Waals surface area (Å²) in [5, 5.41) is 23.2. The lowest BCUT2D eigenvalue weighted by Gasteiger charge is -2.30. The Morgan fingerprint density at radius 1 is 1.43 bits per heavy atom. The molecular formula is C13H17N5O2S. The summed E-state index contributed by atoms with van der Waals surface area (Å²) in [6.45, 7) is 1.70. The molecule has 2 aromatic rings. The Hall–Kier alpha value is -1.80. The first kappa shape index (κ1) is 14.2. The van der Waals surface area contributed by atoms with Crippen molar-refractivity contribution in [1.29, 1.82) is 0 Å². The van der Waals surface area contributed by atoms with Crippen LogP contribution in [0.4, 0.5) is 0 Å². The molecule has 0 bridgehead atoms. The fourth-order valence-electron chi connectivity index (χ4n) is 2.40. The van der Waals surface area contributed by atoms with Gasteiger partial charge in [0.05, 0.1) is 4.88 Å². The Morgan fingerprint density at radius 2 is 2.24 bits per heavy atom. The molecule has 8 heteroatoms. The van der Waals surface area contributed by atoms with Gasteiger partial charge in [-0.05, 0) is 35.4 Å². The average molecular weight is 307 g/mol. The molecule has 0 unspecified atom stereocenters. The number of likely N-dealkylation sites (tertiary alicyclic amines) is 1. The maximum absolute atomic E-state index is 12.2. The van der Waals surface area contributed by atoms with Gasteiger partial charge in [0.25, 0.3) is 0 Å². The number of carbonyl (C=O) groups excluding carboxylic acids is 1. The molecule has 0 radical (unpaired) electrons. The predicted molar refractivity (Wildman–Crippen MR) is 77.5 cm³/mol. The highest BCUT2D eigenvalue weighted by Gasteiger charge is 2.23. The van der Waals surface area contributed by atoms with E-state index < -0.39 is 0 Å². The number of hydrogen-bond donors (Lipinski definition) is 1. The van der Waals surface area contributed by atoms with E-state index in [0.717, 1.165) is 17.7 Å². The topological polar surface area (TPSA) is 84.1 Å². The number of piperidine rings is 1. The van der Waals surface area contributed by atoms with E-state index >= 15 is 0 Å². The zero-order valence-corrected chi connectivity index (χ0v) is 12.4. The van der Waals surface area contributed by atoms with Crippen LogP contribution in [-0.4, -0.2) is 55.8 Å². The molecule has 1 N–H and O–H groups in total. The smallest absolute Gasteiger partial charge is 0.246 e. The highest BCUT2D eigenvalue weighted by atomic mass is 32.1. The third-order valence-corrected chi connectivity index (χ3v) is 4.56. The molecular weight excluding hydrogens is 290 g/mol. The fourth-order valence-corrected chi connectivity index (χ4v) is 3.05. The van der Waals surface area contributed by atoms with Gasteiger partial charge in [-0.2, -0.15) is 4.80 Å². The van der Waals surface area contributed by atoms with E-state index in [1.54, 1.807) is 16.2 Å². The molecule has 0 spiro atoms. The van der Waals surface area contributed by atoms with Gasteiger partial charge in [0.15, 0.2) is 0 Å². The highest BCUT2D eigenvalue weighted by Crippen LogP contribution is 2.20. The Labute approximate surface area is 126 Å². The summed E-state index contributed by atoms with van der Waals surface area (Å²) in [6, 6.07) is 3.85.